The fourth-order valence-electron chi connectivity index (χ4n) is 1.93. The highest BCUT2D eigenvalue weighted by molar-refractivity contribution is 5.92. The molecule has 5 heteroatoms. The quantitative estimate of drug-likeness (QED) is 0.893. The van der Waals surface area contributed by atoms with Crippen LogP contribution in [0.5, 0.6) is 0 Å². The first-order chi connectivity index (χ1) is 9.56. The number of H-pyrrole nitrogens is 1. The molecule has 0 spiro atoms. The number of rotatable bonds is 4. The highest BCUT2D eigenvalue weighted by atomic mass is 19.1. The van der Waals surface area contributed by atoms with Crippen molar-refractivity contribution in [3.05, 3.63) is 69.4 Å². The van der Waals surface area contributed by atoms with Gasteiger partial charge in [0, 0.05) is 12.6 Å². The maximum absolute atomic E-state index is 13.0. The Kier molecular flexibility index (Phi) is 4.30. The number of aryl methyl sites for hydroxylation is 1. The second kappa shape index (κ2) is 6.14. The largest absolute Gasteiger partial charge is 0.350 e. The zero-order valence-corrected chi connectivity index (χ0v) is 11.1. The number of aromatic amines is 1. The van der Waals surface area contributed by atoms with Crippen molar-refractivity contribution in [2.45, 2.75) is 13.3 Å². The molecule has 0 aliphatic carbocycles. The second-order valence-electron chi connectivity index (χ2n) is 4.51. The minimum Gasteiger partial charge on any atom is -0.350 e. The standard InChI is InChI=1S/C15H15FN2O2/c1-10-9-12(16)6-5-11(10)7-8-17-15(20)13-3-2-4-14(19)18-13/h2-6,9H,7-8H2,1H3,(H,17,20)(H,18,19). The summed E-state index contributed by atoms with van der Waals surface area (Å²) < 4.78 is 13.0. The van der Waals surface area contributed by atoms with Crippen molar-refractivity contribution in [3.63, 3.8) is 0 Å². The molecule has 2 aromatic rings. The maximum atomic E-state index is 13.0. The summed E-state index contributed by atoms with van der Waals surface area (Å²) in [7, 11) is 0. The Morgan fingerprint density at radius 1 is 1.30 bits per heavy atom. The number of halogens is 1. The van der Waals surface area contributed by atoms with Gasteiger partial charge in [0.2, 0.25) is 5.56 Å². The lowest BCUT2D eigenvalue weighted by Crippen LogP contribution is -2.28. The molecule has 0 bridgehead atoms. The highest BCUT2D eigenvalue weighted by Gasteiger charge is 2.06. The van der Waals surface area contributed by atoms with Gasteiger partial charge in [0.1, 0.15) is 11.5 Å². The number of pyridine rings is 1. The first kappa shape index (κ1) is 14.0. The normalized spacial score (nSPS) is 10.3. The van der Waals surface area contributed by atoms with Gasteiger partial charge in [-0.25, -0.2) is 4.39 Å². The van der Waals surface area contributed by atoms with Crippen LogP contribution in [0.1, 0.15) is 21.6 Å². The van der Waals surface area contributed by atoms with Crippen LogP contribution in [0.2, 0.25) is 0 Å². The number of carbonyl (C=O) groups is 1. The van der Waals surface area contributed by atoms with Gasteiger partial charge >= 0.3 is 0 Å². The summed E-state index contributed by atoms with van der Waals surface area (Å²) in [5.41, 5.74) is 1.75. The SMILES string of the molecule is Cc1cc(F)ccc1CCNC(=O)c1cccc(=O)[nH]1. The summed E-state index contributed by atoms with van der Waals surface area (Å²) in [6.45, 7) is 2.25. The zero-order chi connectivity index (χ0) is 14.5. The monoisotopic (exact) mass is 274 g/mol. The van der Waals surface area contributed by atoms with E-state index in [1.165, 1.54) is 24.3 Å². The molecule has 0 saturated carbocycles. The van der Waals surface area contributed by atoms with Gasteiger partial charge in [-0.15, -0.1) is 0 Å². The number of hydrogen-bond acceptors (Lipinski definition) is 2. The molecule has 0 aliphatic heterocycles. The zero-order valence-electron chi connectivity index (χ0n) is 11.1. The lowest BCUT2D eigenvalue weighted by Gasteiger charge is -2.07. The Morgan fingerprint density at radius 3 is 2.80 bits per heavy atom. The van der Waals surface area contributed by atoms with E-state index in [2.05, 4.69) is 10.3 Å². The molecule has 0 atom stereocenters. The number of benzene rings is 1. The Morgan fingerprint density at radius 2 is 2.10 bits per heavy atom. The molecule has 0 unspecified atom stereocenters. The van der Waals surface area contributed by atoms with E-state index in [1.54, 1.807) is 12.1 Å². The maximum Gasteiger partial charge on any atom is 0.267 e. The average Bonchev–Trinajstić information content (AvgIpc) is 2.41. The molecular weight excluding hydrogens is 259 g/mol. The van der Waals surface area contributed by atoms with Gasteiger partial charge in [-0.1, -0.05) is 12.1 Å². The first-order valence-corrected chi connectivity index (χ1v) is 6.29. The summed E-state index contributed by atoms with van der Waals surface area (Å²) in [5.74, 6) is -0.598. The molecule has 0 aliphatic rings. The van der Waals surface area contributed by atoms with Gasteiger partial charge in [0.15, 0.2) is 0 Å². The van der Waals surface area contributed by atoms with Gasteiger partial charge in [-0.05, 0) is 42.7 Å². The molecular formula is C15H15FN2O2. The molecule has 0 radical (unpaired) electrons. The van der Waals surface area contributed by atoms with Gasteiger partial charge in [0.25, 0.3) is 5.91 Å². The summed E-state index contributed by atoms with van der Waals surface area (Å²) in [5, 5.41) is 2.71. The number of amides is 1. The van der Waals surface area contributed by atoms with Crippen molar-refractivity contribution >= 4 is 5.91 Å². The topological polar surface area (TPSA) is 62.0 Å². The van der Waals surface area contributed by atoms with Crippen LogP contribution in [0.15, 0.2) is 41.2 Å². The number of aromatic nitrogens is 1. The van der Waals surface area contributed by atoms with Crippen LogP contribution in [0.4, 0.5) is 4.39 Å². The summed E-state index contributed by atoms with van der Waals surface area (Å²) in [6, 6.07) is 8.99. The third-order valence-electron chi connectivity index (χ3n) is 3.00. The van der Waals surface area contributed by atoms with Crippen LogP contribution >= 0.6 is 0 Å². The minimum absolute atomic E-state index is 0.230. The Hall–Kier alpha value is -2.43. The van der Waals surface area contributed by atoms with E-state index in [-0.39, 0.29) is 23.0 Å². The van der Waals surface area contributed by atoms with E-state index in [9.17, 15) is 14.0 Å². The van der Waals surface area contributed by atoms with Crippen LogP contribution < -0.4 is 10.9 Å². The van der Waals surface area contributed by atoms with Gasteiger partial charge in [0.05, 0.1) is 0 Å². The van der Waals surface area contributed by atoms with Crippen LogP contribution in [0.25, 0.3) is 0 Å². The Balaban J connectivity index is 1.93. The number of hydrogen-bond donors (Lipinski definition) is 2. The predicted octanol–water partition coefficient (Wildman–Crippen LogP) is 1.79. The van der Waals surface area contributed by atoms with Crippen LogP contribution in [0, 0.1) is 12.7 Å². The molecule has 2 N–H and O–H groups in total. The molecule has 104 valence electrons. The molecule has 1 aromatic carbocycles. The van der Waals surface area contributed by atoms with Crippen molar-refractivity contribution in [2.75, 3.05) is 6.54 Å². The first-order valence-electron chi connectivity index (χ1n) is 6.29. The van der Waals surface area contributed by atoms with Gasteiger partial charge in [-0.3, -0.25) is 9.59 Å². The van der Waals surface area contributed by atoms with Crippen LogP contribution in [0.3, 0.4) is 0 Å². The summed E-state index contributed by atoms with van der Waals surface area (Å²) >= 11 is 0. The van der Waals surface area contributed by atoms with E-state index in [0.29, 0.717) is 13.0 Å². The van der Waals surface area contributed by atoms with Crippen LogP contribution in [-0.2, 0) is 6.42 Å². The highest BCUT2D eigenvalue weighted by Crippen LogP contribution is 2.10. The van der Waals surface area contributed by atoms with E-state index >= 15 is 0 Å². The van der Waals surface area contributed by atoms with E-state index in [1.807, 2.05) is 6.92 Å². The van der Waals surface area contributed by atoms with Crippen molar-refractivity contribution in [2.24, 2.45) is 0 Å². The van der Waals surface area contributed by atoms with E-state index < -0.39 is 0 Å². The Bertz CT molecular complexity index is 680. The molecule has 0 fully saturated rings. The second-order valence-corrected chi connectivity index (χ2v) is 4.51. The lowest BCUT2D eigenvalue weighted by atomic mass is 10.1. The van der Waals surface area contributed by atoms with Crippen molar-refractivity contribution in [1.82, 2.24) is 10.3 Å². The number of nitrogens with one attached hydrogen (secondary N) is 2. The van der Waals surface area contributed by atoms with E-state index in [0.717, 1.165) is 11.1 Å². The van der Waals surface area contributed by atoms with Crippen molar-refractivity contribution in [1.29, 1.82) is 0 Å². The summed E-state index contributed by atoms with van der Waals surface area (Å²) in [6.07, 6.45) is 0.606. The molecule has 1 aromatic heterocycles. The molecule has 20 heavy (non-hydrogen) atoms. The fourth-order valence-corrected chi connectivity index (χ4v) is 1.93. The summed E-state index contributed by atoms with van der Waals surface area (Å²) in [4.78, 5) is 25.3. The molecule has 1 amide bonds. The van der Waals surface area contributed by atoms with Crippen LogP contribution in [-0.4, -0.2) is 17.4 Å². The minimum atomic E-state index is -0.331. The Labute approximate surface area is 115 Å². The van der Waals surface area contributed by atoms with Gasteiger partial charge in [-0.2, -0.15) is 0 Å². The fraction of sp³-hybridized carbons (Fsp3) is 0.200. The smallest absolute Gasteiger partial charge is 0.267 e. The molecule has 2 rings (SSSR count). The van der Waals surface area contributed by atoms with E-state index in [4.69, 9.17) is 0 Å². The molecule has 0 saturated heterocycles. The van der Waals surface area contributed by atoms with Gasteiger partial charge < -0.3 is 10.3 Å². The van der Waals surface area contributed by atoms with Crippen molar-refractivity contribution < 1.29 is 9.18 Å². The van der Waals surface area contributed by atoms with Crippen molar-refractivity contribution in [3.8, 4) is 0 Å². The third-order valence-corrected chi connectivity index (χ3v) is 3.00. The number of carbonyl (C=O) groups excluding carboxylic acids is 1. The lowest BCUT2D eigenvalue weighted by molar-refractivity contribution is 0.0949. The molecule has 4 nitrogen and oxygen atoms in total. The third kappa shape index (κ3) is 3.54. The average molecular weight is 274 g/mol. The molecule has 1 heterocycles. The predicted molar refractivity (Wildman–Crippen MR) is 74.2 cm³/mol.